The summed E-state index contributed by atoms with van der Waals surface area (Å²) in [5, 5.41) is 11.6. The number of carboxylic acids is 1. The van der Waals surface area contributed by atoms with Crippen LogP contribution in [0.1, 0.15) is 30.6 Å². The van der Waals surface area contributed by atoms with Gasteiger partial charge in [0.2, 0.25) is 5.91 Å². The highest BCUT2D eigenvalue weighted by Crippen LogP contribution is 2.17. The van der Waals surface area contributed by atoms with E-state index in [1.54, 1.807) is 13.8 Å². The van der Waals surface area contributed by atoms with Gasteiger partial charge < -0.3 is 10.4 Å². The lowest BCUT2D eigenvalue weighted by atomic mass is 10.2. The summed E-state index contributed by atoms with van der Waals surface area (Å²) >= 11 is 0. The highest BCUT2D eigenvalue weighted by molar-refractivity contribution is 7.91. The molecule has 20 heavy (non-hydrogen) atoms. The lowest BCUT2D eigenvalue weighted by Crippen LogP contribution is -2.31. The zero-order valence-corrected chi connectivity index (χ0v) is 12.1. The van der Waals surface area contributed by atoms with Crippen LogP contribution in [0.5, 0.6) is 0 Å². The minimum absolute atomic E-state index is 0.0727. The van der Waals surface area contributed by atoms with Gasteiger partial charge in [0.1, 0.15) is 0 Å². The fourth-order valence-corrected chi connectivity index (χ4v) is 3.10. The number of hydrogen-bond acceptors (Lipinski definition) is 4. The Morgan fingerprint density at radius 2 is 1.85 bits per heavy atom. The Bertz CT molecular complexity index is 607. The minimum Gasteiger partial charge on any atom is -0.478 e. The summed E-state index contributed by atoms with van der Waals surface area (Å²) in [4.78, 5) is 22.2. The number of carboxylic acid groups (broad SMARTS) is 1. The van der Waals surface area contributed by atoms with Gasteiger partial charge in [-0.1, -0.05) is 12.1 Å². The summed E-state index contributed by atoms with van der Waals surface area (Å²) < 4.78 is 24.2. The van der Waals surface area contributed by atoms with Crippen LogP contribution in [0.4, 0.5) is 0 Å². The second-order valence-electron chi connectivity index (χ2n) is 4.59. The molecule has 6 nitrogen and oxygen atoms in total. The monoisotopic (exact) mass is 299 g/mol. The lowest BCUT2D eigenvalue weighted by Gasteiger charge is -2.10. The van der Waals surface area contributed by atoms with Gasteiger partial charge in [0.05, 0.1) is 16.2 Å². The number of nitrogens with one attached hydrogen (secondary N) is 1. The maximum atomic E-state index is 12.1. The number of aromatic carboxylic acids is 1. The molecular weight excluding hydrogens is 282 g/mol. The average Bonchev–Trinajstić information content (AvgIpc) is 2.36. The third kappa shape index (κ3) is 4.34. The Balaban J connectivity index is 2.90. The van der Waals surface area contributed by atoms with Crippen molar-refractivity contribution < 1.29 is 23.1 Å². The second-order valence-corrected chi connectivity index (χ2v) is 6.67. The molecule has 0 radical (unpaired) electrons. The Labute approximate surface area is 117 Å². The maximum absolute atomic E-state index is 12.1. The van der Waals surface area contributed by atoms with Gasteiger partial charge in [-0.25, -0.2) is 13.2 Å². The van der Waals surface area contributed by atoms with E-state index in [0.717, 1.165) is 0 Å². The molecule has 0 aliphatic heterocycles. The van der Waals surface area contributed by atoms with Crippen LogP contribution < -0.4 is 5.32 Å². The van der Waals surface area contributed by atoms with Gasteiger partial charge in [-0.15, -0.1) is 0 Å². The molecule has 7 heteroatoms. The summed E-state index contributed by atoms with van der Waals surface area (Å²) in [6.45, 7) is 3.54. The first-order chi connectivity index (χ1) is 9.24. The largest absolute Gasteiger partial charge is 0.478 e. The number of carbonyl (C=O) groups is 2. The summed E-state index contributed by atoms with van der Waals surface area (Å²) in [6.07, 6.45) is -0.200. The van der Waals surface area contributed by atoms with E-state index in [1.165, 1.54) is 24.3 Å². The highest BCUT2D eigenvalue weighted by atomic mass is 32.2. The van der Waals surface area contributed by atoms with E-state index in [4.69, 9.17) is 5.11 Å². The fraction of sp³-hybridized carbons (Fsp3) is 0.385. The van der Waals surface area contributed by atoms with Crippen LogP contribution in [-0.2, 0) is 14.6 Å². The highest BCUT2D eigenvalue weighted by Gasteiger charge is 2.22. The zero-order valence-electron chi connectivity index (χ0n) is 11.3. The number of amides is 1. The number of hydrogen-bond donors (Lipinski definition) is 2. The summed E-state index contributed by atoms with van der Waals surface area (Å²) in [6, 6.07) is 5.29. The quantitative estimate of drug-likeness (QED) is 0.818. The van der Waals surface area contributed by atoms with Gasteiger partial charge in [-0.3, -0.25) is 4.79 Å². The van der Waals surface area contributed by atoms with Crippen molar-refractivity contribution in [3.63, 3.8) is 0 Å². The van der Waals surface area contributed by atoms with Crippen LogP contribution in [0.3, 0.4) is 0 Å². The SMILES string of the molecule is CC(C)NC(=O)CCS(=O)(=O)c1ccccc1C(=O)O. The molecule has 1 aromatic rings. The standard InChI is InChI=1S/C13H17NO5S/c1-9(2)14-12(15)7-8-20(18,19)11-6-4-3-5-10(11)13(16)17/h3-6,9H,7-8H2,1-2H3,(H,14,15)(H,16,17). The molecule has 0 aliphatic carbocycles. The molecule has 0 bridgehead atoms. The van der Waals surface area contributed by atoms with E-state index in [1.807, 2.05) is 0 Å². The number of sulfone groups is 1. The molecular formula is C13H17NO5S. The van der Waals surface area contributed by atoms with E-state index >= 15 is 0 Å². The topological polar surface area (TPSA) is 101 Å². The van der Waals surface area contributed by atoms with E-state index < -0.39 is 21.6 Å². The van der Waals surface area contributed by atoms with Crippen molar-refractivity contribution in [2.24, 2.45) is 0 Å². The zero-order chi connectivity index (χ0) is 15.3. The van der Waals surface area contributed by atoms with Crippen molar-refractivity contribution in [2.75, 3.05) is 5.75 Å². The first-order valence-electron chi connectivity index (χ1n) is 6.08. The van der Waals surface area contributed by atoms with E-state index in [-0.39, 0.29) is 28.8 Å². The van der Waals surface area contributed by atoms with Crippen LogP contribution in [-0.4, -0.2) is 37.2 Å². The normalized spacial score (nSPS) is 11.3. The Kier molecular flexibility index (Phi) is 5.26. The van der Waals surface area contributed by atoms with Gasteiger partial charge in [0.15, 0.2) is 9.84 Å². The van der Waals surface area contributed by atoms with E-state index in [0.29, 0.717) is 0 Å². The number of carbonyl (C=O) groups excluding carboxylic acids is 1. The Morgan fingerprint density at radius 1 is 1.25 bits per heavy atom. The van der Waals surface area contributed by atoms with E-state index in [2.05, 4.69) is 5.32 Å². The van der Waals surface area contributed by atoms with Crippen LogP contribution in [0.15, 0.2) is 29.2 Å². The van der Waals surface area contributed by atoms with Gasteiger partial charge in [0.25, 0.3) is 0 Å². The molecule has 0 unspecified atom stereocenters. The molecule has 0 saturated carbocycles. The molecule has 0 saturated heterocycles. The summed E-state index contributed by atoms with van der Waals surface area (Å²) in [7, 11) is -3.81. The van der Waals surface area contributed by atoms with Gasteiger partial charge in [-0.05, 0) is 26.0 Å². The number of rotatable bonds is 6. The predicted octanol–water partition coefficient (Wildman–Crippen LogP) is 1.07. The van der Waals surface area contributed by atoms with Crippen molar-refractivity contribution >= 4 is 21.7 Å². The van der Waals surface area contributed by atoms with Crippen molar-refractivity contribution in [1.82, 2.24) is 5.32 Å². The second kappa shape index (κ2) is 6.51. The lowest BCUT2D eigenvalue weighted by molar-refractivity contribution is -0.121. The molecule has 0 fully saturated rings. The van der Waals surface area contributed by atoms with Crippen molar-refractivity contribution in [1.29, 1.82) is 0 Å². The molecule has 0 spiro atoms. The molecule has 0 aliphatic rings. The molecule has 0 aromatic heterocycles. The van der Waals surface area contributed by atoms with Crippen molar-refractivity contribution in [3.05, 3.63) is 29.8 Å². The van der Waals surface area contributed by atoms with E-state index in [9.17, 15) is 18.0 Å². The van der Waals surface area contributed by atoms with Crippen LogP contribution in [0, 0.1) is 0 Å². The third-order valence-electron chi connectivity index (χ3n) is 2.50. The first kappa shape index (κ1) is 16.2. The molecule has 0 atom stereocenters. The van der Waals surface area contributed by atoms with Crippen molar-refractivity contribution in [2.45, 2.75) is 31.2 Å². The Hall–Kier alpha value is -1.89. The molecule has 1 aromatic carbocycles. The average molecular weight is 299 g/mol. The fourth-order valence-electron chi connectivity index (χ4n) is 1.65. The third-order valence-corrected chi connectivity index (χ3v) is 4.27. The first-order valence-corrected chi connectivity index (χ1v) is 7.73. The van der Waals surface area contributed by atoms with Gasteiger partial charge in [0, 0.05) is 12.5 Å². The minimum atomic E-state index is -3.81. The van der Waals surface area contributed by atoms with Crippen LogP contribution in [0.25, 0.3) is 0 Å². The molecule has 1 rings (SSSR count). The van der Waals surface area contributed by atoms with Gasteiger partial charge >= 0.3 is 5.97 Å². The predicted molar refractivity (Wildman–Crippen MR) is 73.3 cm³/mol. The smallest absolute Gasteiger partial charge is 0.337 e. The Morgan fingerprint density at radius 3 is 2.40 bits per heavy atom. The molecule has 0 heterocycles. The summed E-state index contributed by atoms with van der Waals surface area (Å²) in [5.41, 5.74) is -0.281. The number of benzene rings is 1. The molecule has 2 N–H and O–H groups in total. The van der Waals surface area contributed by atoms with Crippen LogP contribution >= 0.6 is 0 Å². The molecule has 1 amide bonds. The van der Waals surface area contributed by atoms with Crippen LogP contribution in [0.2, 0.25) is 0 Å². The van der Waals surface area contributed by atoms with Gasteiger partial charge in [-0.2, -0.15) is 0 Å². The maximum Gasteiger partial charge on any atom is 0.337 e. The van der Waals surface area contributed by atoms with Crippen molar-refractivity contribution in [3.8, 4) is 0 Å². The molecule has 110 valence electrons. The summed E-state index contributed by atoms with van der Waals surface area (Å²) in [5.74, 6) is -2.11.